The van der Waals surface area contributed by atoms with Gasteiger partial charge in [-0.1, -0.05) is 36.2 Å². The first-order valence-corrected chi connectivity index (χ1v) is 18.4. The maximum Gasteiger partial charge on any atom is 0.234 e. The summed E-state index contributed by atoms with van der Waals surface area (Å²) in [5.41, 5.74) is 8.70. The van der Waals surface area contributed by atoms with Gasteiger partial charge < -0.3 is 15.2 Å². The smallest absolute Gasteiger partial charge is 0.234 e. The average molecular weight is 642 g/mol. The van der Waals surface area contributed by atoms with Gasteiger partial charge in [0.05, 0.1) is 34.8 Å². The molecule has 8 nitrogen and oxygen atoms in total. The zero-order valence-corrected chi connectivity index (χ0v) is 28.7. The standard InChI is InChI=1S/C37H47N5O3S/c1-23-17-24(2)19-27(18-23)35-34(25(3)21-38-16-15-26-7-9-28(10-8-26)41-46(6,44)45)31-20-33(39-22-32(31)40-35)37(4,5)36(43)42-29-11-12-30(42)14-13-29/h7-10,17-20,22,25,29-30,38,40-41H,11-16,21H2,1-6H3. The predicted octanol–water partition coefficient (Wildman–Crippen LogP) is 6.59. The number of fused-ring (bicyclic) bond motifs is 3. The molecule has 1 amide bonds. The molecule has 0 aliphatic carbocycles. The molecule has 9 heteroatoms. The lowest BCUT2D eigenvalue weighted by atomic mass is 9.85. The van der Waals surface area contributed by atoms with Crippen molar-refractivity contribution in [2.45, 2.75) is 90.1 Å². The SMILES string of the molecule is Cc1cc(C)cc(-c2[nH]c3cnc(C(C)(C)C(=O)N4C5CCC4CC5)cc3c2C(C)CNCCc2ccc(NS(C)(=O)=O)cc2)c1. The maximum atomic E-state index is 14.0. The second kappa shape index (κ2) is 12.5. The Morgan fingerprint density at radius 1 is 1.02 bits per heavy atom. The zero-order chi connectivity index (χ0) is 32.8. The number of sulfonamides is 1. The summed E-state index contributed by atoms with van der Waals surface area (Å²) in [5, 5.41) is 4.77. The first kappa shape index (κ1) is 32.3. The first-order valence-electron chi connectivity index (χ1n) is 16.5. The number of benzene rings is 2. The number of aryl methyl sites for hydroxylation is 2. The normalized spacial score (nSPS) is 18.8. The van der Waals surface area contributed by atoms with E-state index in [4.69, 9.17) is 4.98 Å². The highest BCUT2D eigenvalue weighted by molar-refractivity contribution is 7.92. The van der Waals surface area contributed by atoms with Crippen LogP contribution in [0.4, 0.5) is 5.69 Å². The van der Waals surface area contributed by atoms with Crippen molar-refractivity contribution in [3.05, 3.63) is 82.7 Å². The van der Waals surface area contributed by atoms with Gasteiger partial charge in [-0.2, -0.15) is 0 Å². The number of anilines is 1. The highest BCUT2D eigenvalue weighted by Gasteiger charge is 2.47. The number of hydrogen-bond acceptors (Lipinski definition) is 5. The van der Waals surface area contributed by atoms with E-state index in [9.17, 15) is 13.2 Å². The van der Waals surface area contributed by atoms with Crippen molar-refractivity contribution in [3.63, 3.8) is 0 Å². The van der Waals surface area contributed by atoms with Gasteiger partial charge in [-0.25, -0.2) is 8.42 Å². The van der Waals surface area contributed by atoms with Crippen LogP contribution in [0.3, 0.4) is 0 Å². The minimum atomic E-state index is -3.30. The Morgan fingerprint density at radius 2 is 1.65 bits per heavy atom. The van der Waals surface area contributed by atoms with E-state index >= 15 is 0 Å². The van der Waals surface area contributed by atoms with Gasteiger partial charge in [0, 0.05) is 29.7 Å². The molecule has 4 heterocycles. The molecule has 4 aromatic rings. The van der Waals surface area contributed by atoms with Crippen molar-refractivity contribution in [1.29, 1.82) is 0 Å². The van der Waals surface area contributed by atoms with E-state index in [0.29, 0.717) is 17.8 Å². The molecule has 1 unspecified atom stereocenters. The fraction of sp³-hybridized carbons (Fsp3) is 0.459. The number of aromatic nitrogens is 2. The molecule has 0 radical (unpaired) electrons. The minimum absolute atomic E-state index is 0.175. The molecule has 3 N–H and O–H groups in total. The molecule has 2 aromatic carbocycles. The lowest BCUT2D eigenvalue weighted by Crippen LogP contribution is -2.46. The van der Waals surface area contributed by atoms with Crippen molar-refractivity contribution in [2.75, 3.05) is 24.1 Å². The highest BCUT2D eigenvalue weighted by Crippen LogP contribution is 2.42. The Balaban J connectivity index is 1.26. The number of rotatable bonds is 11. The van der Waals surface area contributed by atoms with Gasteiger partial charge in [0.15, 0.2) is 0 Å². The van der Waals surface area contributed by atoms with Crippen LogP contribution in [0, 0.1) is 13.8 Å². The summed E-state index contributed by atoms with van der Waals surface area (Å²) >= 11 is 0. The van der Waals surface area contributed by atoms with E-state index in [0.717, 1.165) is 84.9 Å². The minimum Gasteiger partial charge on any atom is -0.353 e. The molecule has 0 spiro atoms. The van der Waals surface area contributed by atoms with Crippen molar-refractivity contribution < 1.29 is 13.2 Å². The Kier molecular flexibility index (Phi) is 8.76. The molecule has 2 aliphatic rings. The quantitative estimate of drug-likeness (QED) is 0.160. The molecule has 244 valence electrons. The summed E-state index contributed by atoms with van der Waals surface area (Å²) in [4.78, 5) is 24.8. The first-order chi connectivity index (χ1) is 21.8. The van der Waals surface area contributed by atoms with Gasteiger partial charge in [0.1, 0.15) is 0 Å². The summed E-state index contributed by atoms with van der Waals surface area (Å²) in [6, 6.07) is 17.1. The molecule has 2 aromatic heterocycles. The molecule has 2 saturated heterocycles. The number of pyridine rings is 1. The zero-order valence-electron chi connectivity index (χ0n) is 27.9. The Labute approximate surface area is 273 Å². The third kappa shape index (κ3) is 6.58. The van der Waals surface area contributed by atoms with Crippen LogP contribution >= 0.6 is 0 Å². The van der Waals surface area contributed by atoms with E-state index < -0.39 is 15.4 Å². The number of carbonyl (C=O) groups is 1. The molecule has 1 atom stereocenters. The molecule has 0 saturated carbocycles. The van der Waals surface area contributed by atoms with E-state index in [2.05, 4.69) is 65.0 Å². The summed E-state index contributed by atoms with van der Waals surface area (Å²) < 4.78 is 25.6. The van der Waals surface area contributed by atoms with Crippen molar-refractivity contribution in [1.82, 2.24) is 20.2 Å². The lowest BCUT2D eigenvalue weighted by Gasteiger charge is -2.32. The Morgan fingerprint density at radius 3 is 2.26 bits per heavy atom. The fourth-order valence-electron chi connectivity index (χ4n) is 7.60. The number of aromatic amines is 1. The second-order valence-electron chi connectivity index (χ2n) is 14.1. The van der Waals surface area contributed by atoms with Crippen LogP contribution in [0.2, 0.25) is 0 Å². The van der Waals surface area contributed by atoms with E-state index in [1.807, 2.05) is 32.2 Å². The number of hydrogen-bond donors (Lipinski definition) is 3. The van der Waals surface area contributed by atoms with Crippen molar-refractivity contribution in [3.8, 4) is 11.3 Å². The predicted molar refractivity (Wildman–Crippen MR) is 187 cm³/mol. The fourth-order valence-corrected chi connectivity index (χ4v) is 8.16. The number of carbonyl (C=O) groups excluding carboxylic acids is 1. The van der Waals surface area contributed by atoms with Gasteiger partial charge >= 0.3 is 0 Å². The molecular formula is C37H47N5O3S. The van der Waals surface area contributed by atoms with E-state index in [1.165, 1.54) is 16.7 Å². The largest absolute Gasteiger partial charge is 0.353 e. The van der Waals surface area contributed by atoms with E-state index in [-0.39, 0.29) is 11.8 Å². The summed E-state index contributed by atoms with van der Waals surface area (Å²) in [7, 11) is -3.30. The number of nitrogens with one attached hydrogen (secondary N) is 3. The molecule has 46 heavy (non-hydrogen) atoms. The van der Waals surface area contributed by atoms with Gasteiger partial charge in [0.25, 0.3) is 0 Å². The average Bonchev–Trinajstić information content (AvgIpc) is 3.70. The van der Waals surface area contributed by atoms with Crippen LogP contribution in [0.25, 0.3) is 22.2 Å². The highest BCUT2D eigenvalue weighted by atomic mass is 32.2. The number of H-pyrrole nitrogens is 1. The Bertz CT molecular complexity index is 1820. The summed E-state index contributed by atoms with van der Waals surface area (Å²) in [6.07, 6.45) is 8.38. The third-order valence-corrected chi connectivity index (χ3v) is 10.5. The van der Waals surface area contributed by atoms with Crippen LogP contribution in [-0.2, 0) is 26.7 Å². The molecular weight excluding hydrogens is 595 g/mol. The van der Waals surface area contributed by atoms with Crippen LogP contribution in [-0.4, -0.2) is 60.6 Å². The third-order valence-electron chi connectivity index (χ3n) is 9.89. The van der Waals surface area contributed by atoms with E-state index in [1.54, 1.807) is 12.1 Å². The van der Waals surface area contributed by atoms with Gasteiger partial charge in [-0.05, 0) is 119 Å². The summed E-state index contributed by atoms with van der Waals surface area (Å²) in [5.74, 6) is 0.375. The van der Waals surface area contributed by atoms with Crippen LogP contribution < -0.4 is 10.0 Å². The van der Waals surface area contributed by atoms with Gasteiger partial charge in [0.2, 0.25) is 15.9 Å². The lowest BCUT2D eigenvalue weighted by molar-refractivity contribution is -0.137. The molecule has 2 fully saturated rings. The maximum absolute atomic E-state index is 14.0. The van der Waals surface area contributed by atoms with Gasteiger partial charge in [-0.15, -0.1) is 0 Å². The van der Waals surface area contributed by atoms with Crippen LogP contribution in [0.15, 0.2) is 54.7 Å². The Hall–Kier alpha value is -3.69. The summed E-state index contributed by atoms with van der Waals surface area (Å²) in [6.45, 7) is 12.2. The van der Waals surface area contributed by atoms with Crippen molar-refractivity contribution >= 4 is 32.5 Å². The second-order valence-corrected chi connectivity index (χ2v) is 15.9. The van der Waals surface area contributed by atoms with Crippen LogP contribution in [0.1, 0.15) is 80.3 Å². The van der Waals surface area contributed by atoms with Gasteiger partial charge in [-0.3, -0.25) is 14.5 Å². The molecule has 2 bridgehead atoms. The monoisotopic (exact) mass is 641 g/mol. The van der Waals surface area contributed by atoms with Crippen molar-refractivity contribution in [2.24, 2.45) is 0 Å². The van der Waals surface area contributed by atoms with Crippen LogP contribution in [0.5, 0.6) is 0 Å². The topological polar surface area (TPSA) is 107 Å². The number of nitrogens with zero attached hydrogens (tertiary/aromatic N) is 2. The molecule has 6 rings (SSSR count). The number of amides is 1. The molecule has 2 aliphatic heterocycles.